The van der Waals surface area contributed by atoms with Crippen molar-refractivity contribution in [3.05, 3.63) is 76.7 Å². The van der Waals surface area contributed by atoms with Crippen LogP contribution in [-0.2, 0) is 10.0 Å². The zero-order valence-electron chi connectivity index (χ0n) is 22.4. The molecule has 0 spiro atoms. The number of rotatable bonds is 7. The molecule has 222 valence electrons. The Morgan fingerprint density at radius 2 is 1.77 bits per heavy atom. The van der Waals surface area contributed by atoms with Gasteiger partial charge in [-0.1, -0.05) is 40.6 Å². The number of nitrogens with one attached hydrogen (secondary N) is 2. The maximum Gasteiger partial charge on any atom is 0.263 e. The van der Waals surface area contributed by atoms with Gasteiger partial charge in [-0.3, -0.25) is 4.72 Å². The Morgan fingerprint density at radius 3 is 2.56 bits per heavy atom. The molecule has 0 aliphatic carbocycles. The lowest BCUT2D eigenvalue weighted by atomic mass is 10.2. The summed E-state index contributed by atoms with van der Waals surface area (Å²) >= 11 is 13.5. The van der Waals surface area contributed by atoms with Gasteiger partial charge in [0.2, 0.25) is 0 Å². The molecule has 6 rings (SSSR count). The van der Waals surface area contributed by atoms with Crippen molar-refractivity contribution in [2.75, 3.05) is 48.2 Å². The average molecular weight is 664 g/mol. The largest absolute Gasteiger partial charge is 0.346 e. The summed E-state index contributed by atoms with van der Waals surface area (Å²) in [5, 5.41) is 3.29. The van der Waals surface area contributed by atoms with Gasteiger partial charge in [-0.15, -0.1) is 0 Å². The Balaban J connectivity index is 1.31. The third-order valence-corrected chi connectivity index (χ3v) is 10.2. The lowest BCUT2D eigenvalue weighted by molar-refractivity contribution is 0.313. The minimum absolute atomic E-state index is 0.00265. The average Bonchev–Trinajstić information content (AvgIpc) is 3.49. The summed E-state index contributed by atoms with van der Waals surface area (Å²) in [7, 11) is -2.29. The first-order valence-corrected chi connectivity index (χ1v) is 15.9. The molecule has 1 aliphatic rings. The lowest BCUT2D eigenvalue weighted by Crippen LogP contribution is -2.44. The van der Waals surface area contributed by atoms with Crippen LogP contribution in [0.2, 0.25) is 10.0 Å². The topological polar surface area (TPSA) is 116 Å². The van der Waals surface area contributed by atoms with Crippen molar-refractivity contribution in [3.8, 4) is 10.6 Å². The number of nitrogens with zero attached hydrogens (tertiary/aromatic N) is 6. The van der Waals surface area contributed by atoms with Crippen molar-refractivity contribution in [2.24, 2.45) is 0 Å². The molecule has 10 nitrogen and oxygen atoms in total. The highest BCUT2D eigenvalue weighted by atomic mass is 35.5. The number of fused-ring (bicyclic) bond motifs is 1. The maximum absolute atomic E-state index is 15.6. The molecule has 43 heavy (non-hydrogen) atoms. The van der Waals surface area contributed by atoms with E-state index in [9.17, 15) is 12.8 Å². The fourth-order valence-electron chi connectivity index (χ4n) is 4.45. The Kier molecular flexibility index (Phi) is 8.04. The van der Waals surface area contributed by atoms with Crippen LogP contribution in [0, 0.1) is 11.6 Å². The molecule has 1 aliphatic heterocycles. The Bertz CT molecular complexity index is 1950. The first-order chi connectivity index (χ1) is 20.6. The SMILES string of the molecule is CN1CCN(c2ncc(-c3ccc4ncnc(Nc5c(F)ccc(NS(=O)(=O)c6cccc(Cl)c6Cl)c5F)c4n3)s2)CC1. The van der Waals surface area contributed by atoms with E-state index >= 15 is 4.39 Å². The fourth-order valence-corrected chi connectivity index (χ4v) is 7.21. The number of thiazole rings is 1. The van der Waals surface area contributed by atoms with Crippen LogP contribution in [0.5, 0.6) is 0 Å². The number of pyridine rings is 1. The van der Waals surface area contributed by atoms with Gasteiger partial charge in [0.25, 0.3) is 10.0 Å². The number of likely N-dealkylation sites (N-methyl/N-ethyl adjacent to an activating group) is 1. The van der Waals surface area contributed by atoms with Gasteiger partial charge in [0.15, 0.2) is 16.8 Å². The van der Waals surface area contributed by atoms with E-state index in [4.69, 9.17) is 23.2 Å². The van der Waals surface area contributed by atoms with Gasteiger partial charge in [-0.25, -0.2) is 37.1 Å². The summed E-state index contributed by atoms with van der Waals surface area (Å²) in [5.41, 5.74) is 0.111. The summed E-state index contributed by atoms with van der Waals surface area (Å²) in [6, 6.07) is 9.41. The first-order valence-electron chi connectivity index (χ1n) is 12.8. The van der Waals surface area contributed by atoms with E-state index in [-0.39, 0.29) is 26.3 Å². The molecule has 1 fully saturated rings. The van der Waals surface area contributed by atoms with Crippen molar-refractivity contribution in [2.45, 2.75) is 4.90 Å². The van der Waals surface area contributed by atoms with Gasteiger partial charge < -0.3 is 15.1 Å². The molecule has 3 aromatic heterocycles. The summed E-state index contributed by atoms with van der Waals surface area (Å²) in [4.78, 5) is 22.6. The highest BCUT2D eigenvalue weighted by molar-refractivity contribution is 7.92. The van der Waals surface area contributed by atoms with Crippen molar-refractivity contribution >= 4 is 77.9 Å². The highest BCUT2D eigenvalue weighted by Gasteiger charge is 2.24. The predicted molar refractivity (Wildman–Crippen MR) is 165 cm³/mol. The molecule has 0 atom stereocenters. The normalized spacial score (nSPS) is 14.3. The lowest BCUT2D eigenvalue weighted by Gasteiger charge is -2.32. The second-order valence-corrected chi connectivity index (χ2v) is 13.1. The minimum atomic E-state index is -4.38. The summed E-state index contributed by atoms with van der Waals surface area (Å²) in [6.07, 6.45) is 2.97. The summed E-state index contributed by atoms with van der Waals surface area (Å²) in [6.45, 7) is 3.63. The second-order valence-electron chi connectivity index (χ2n) is 9.65. The number of aromatic nitrogens is 4. The van der Waals surface area contributed by atoms with Crippen LogP contribution in [0.3, 0.4) is 0 Å². The highest BCUT2D eigenvalue weighted by Crippen LogP contribution is 2.35. The molecule has 4 heterocycles. The molecule has 0 bridgehead atoms. The zero-order valence-corrected chi connectivity index (χ0v) is 25.5. The van der Waals surface area contributed by atoms with E-state index in [1.807, 2.05) is 0 Å². The van der Waals surface area contributed by atoms with Crippen LogP contribution in [0.1, 0.15) is 0 Å². The van der Waals surface area contributed by atoms with Crippen LogP contribution in [-0.4, -0.2) is 66.5 Å². The molecule has 5 aromatic rings. The summed E-state index contributed by atoms with van der Waals surface area (Å²) < 4.78 is 58.6. The smallest absolute Gasteiger partial charge is 0.263 e. The van der Waals surface area contributed by atoms with E-state index in [0.29, 0.717) is 11.2 Å². The molecule has 16 heteroatoms. The minimum Gasteiger partial charge on any atom is -0.346 e. The molecule has 2 N–H and O–H groups in total. The van der Waals surface area contributed by atoms with Crippen molar-refractivity contribution in [1.82, 2.24) is 24.8 Å². The van der Waals surface area contributed by atoms with Gasteiger partial charge in [-0.05, 0) is 43.4 Å². The third kappa shape index (κ3) is 5.93. The van der Waals surface area contributed by atoms with Crippen molar-refractivity contribution in [1.29, 1.82) is 0 Å². The maximum atomic E-state index is 15.6. The van der Waals surface area contributed by atoms with Crippen LogP contribution in [0.15, 0.2) is 59.9 Å². The van der Waals surface area contributed by atoms with Crippen molar-refractivity contribution < 1.29 is 17.2 Å². The van der Waals surface area contributed by atoms with Gasteiger partial charge in [-0.2, -0.15) is 0 Å². The van der Waals surface area contributed by atoms with E-state index in [2.05, 4.69) is 46.8 Å². The third-order valence-electron chi connectivity index (χ3n) is 6.79. The molecule has 0 unspecified atom stereocenters. The van der Waals surface area contributed by atoms with Gasteiger partial charge in [0.1, 0.15) is 28.2 Å². The molecule has 0 radical (unpaired) electrons. The number of hydrogen-bond acceptors (Lipinski definition) is 10. The van der Waals surface area contributed by atoms with E-state index in [1.165, 1.54) is 35.9 Å². The van der Waals surface area contributed by atoms with Gasteiger partial charge in [0, 0.05) is 32.4 Å². The molecule has 0 saturated carbocycles. The standard InChI is InChI=1S/C27H22Cl2F2N8O2S2/c1-38-9-11-39(12-10-38)27-32-13-20(42-27)17-7-8-19-25(35-17)26(34-14-33-19)36-24-16(30)5-6-18(23(24)31)37-43(40,41)21-4-2-3-15(28)22(21)29/h2-8,13-14,37H,9-12H2,1H3,(H,33,34,36). The Labute approximate surface area is 259 Å². The number of halogens is 4. The van der Waals surface area contributed by atoms with E-state index in [1.54, 1.807) is 18.3 Å². The van der Waals surface area contributed by atoms with E-state index < -0.39 is 33.0 Å². The quantitative estimate of drug-likeness (QED) is 0.215. The molecular formula is C27H22Cl2F2N8O2S2. The predicted octanol–water partition coefficient (Wildman–Crippen LogP) is 6.03. The molecule has 0 amide bonds. The molecule has 2 aromatic carbocycles. The van der Waals surface area contributed by atoms with E-state index in [0.717, 1.165) is 48.3 Å². The van der Waals surface area contributed by atoms with Gasteiger partial charge in [0.05, 0.1) is 31.8 Å². The summed E-state index contributed by atoms with van der Waals surface area (Å²) in [5.74, 6) is -2.17. The van der Waals surface area contributed by atoms with Crippen LogP contribution < -0.4 is 14.9 Å². The first kappa shape index (κ1) is 29.4. The van der Waals surface area contributed by atoms with Gasteiger partial charge >= 0.3 is 0 Å². The van der Waals surface area contributed by atoms with Crippen LogP contribution >= 0.6 is 34.5 Å². The van der Waals surface area contributed by atoms with Crippen molar-refractivity contribution in [3.63, 3.8) is 0 Å². The second kappa shape index (κ2) is 11.8. The Hall–Kier alpha value is -3.69. The van der Waals surface area contributed by atoms with Crippen LogP contribution in [0.25, 0.3) is 21.6 Å². The number of benzene rings is 2. The Morgan fingerprint density at radius 1 is 0.977 bits per heavy atom. The molecule has 1 saturated heterocycles. The fraction of sp³-hybridized carbons (Fsp3) is 0.185. The number of sulfonamides is 1. The number of hydrogen-bond donors (Lipinski definition) is 2. The van der Waals surface area contributed by atoms with Crippen LogP contribution in [0.4, 0.5) is 31.1 Å². The zero-order chi connectivity index (χ0) is 30.3. The molecular weight excluding hydrogens is 641 g/mol. The number of anilines is 4. The monoisotopic (exact) mass is 662 g/mol. The number of piperazine rings is 1.